The van der Waals surface area contributed by atoms with Gasteiger partial charge in [-0.2, -0.15) is 0 Å². The largest absolute Gasteiger partial charge is 0.359 e. The maximum Gasteiger partial charge on any atom is 0.222 e. The Kier molecular flexibility index (Phi) is 11.1. The van der Waals surface area contributed by atoms with Crippen molar-refractivity contribution < 1.29 is 4.79 Å². The second-order valence-corrected chi connectivity index (χ2v) is 4.65. The van der Waals surface area contributed by atoms with Crippen molar-refractivity contribution in [2.45, 2.75) is 39.5 Å². The molecule has 108 valence electrons. The summed E-state index contributed by atoms with van der Waals surface area (Å²) in [5.74, 6) is 0.452. The number of nitrogens with one attached hydrogen (secondary N) is 2. The second kappa shape index (κ2) is 11.5. The lowest BCUT2D eigenvalue weighted by Crippen LogP contribution is -2.36. The summed E-state index contributed by atoms with van der Waals surface area (Å²) in [6.07, 6.45) is 4.80. The molecule has 2 heterocycles. The number of carbonyl (C=O) groups is 1. The first-order chi connectivity index (χ1) is 8.74. The Morgan fingerprint density at radius 2 is 1.67 bits per heavy atom. The van der Waals surface area contributed by atoms with E-state index < -0.39 is 0 Å². The molecule has 4 nitrogen and oxygen atoms in total. The summed E-state index contributed by atoms with van der Waals surface area (Å²) in [6.45, 7) is 8.61. The van der Waals surface area contributed by atoms with Crippen LogP contribution in [0.2, 0.25) is 0 Å². The van der Waals surface area contributed by atoms with E-state index in [1.54, 1.807) is 7.05 Å². The first kappa shape index (κ1) is 17.4. The number of hydrogen-bond donors (Lipinski definition) is 2. The third-order valence-corrected chi connectivity index (χ3v) is 3.29. The maximum absolute atomic E-state index is 11.0. The molecule has 1 amide bonds. The van der Waals surface area contributed by atoms with Gasteiger partial charge in [0.25, 0.3) is 0 Å². The predicted octanol–water partition coefficient (Wildman–Crippen LogP) is 1.47. The molecule has 0 saturated carbocycles. The van der Waals surface area contributed by atoms with E-state index in [0.29, 0.717) is 0 Å². The van der Waals surface area contributed by atoms with Gasteiger partial charge in [-0.1, -0.05) is 13.8 Å². The van der Waals surface area contributed by atoms with Gasteiger partial charge in [-0.25, -0.2) is 0 Å². The van der Waals surface area contributed by atoms with Gasteiger partial charge in [-0.3, -0.25) is 4.79 Å². The topological polar surface area (TPSA) is 44.4 Å². The van der Waals surface area contributed by atoms with Gasteiger partial charge in [0.05, 0.1) is 0 Å². The highest BCUT2D eigenvalue weighted by Crippen LogP contribution is 2.10. The van der Waals surface area contributed by atoms with E-state index in [4.69, 9.17) is 0 Å². The summed E-state index contributed by atoms with van der Waals surface area (Å²) in [6, 6.07) is 0. The first-order valence-corrected chi connectivity index (χ1v) is 7.35. The van der Waals surface area contributed by atoms with Crippen LogP contribution < -0.4 is 10.6 Å². The van der Waals surface area contributed by atoms with Crippen LogP contribution in [-0.2, 0) is 4.79 Å². The highest BCUT2D eigenvalue weighted by Gasteiger charge is 2.18. The minimum Gasteiger partial charge on any atom is -0.359 e. The van der Waals surface area contributed by atoms with Crippen molar-refractivity contribution in [1.29, 1.82) is 0 Å². The number of amides is 1. The predicted molar refractivity (Wildman–Crippen MR) is 77.7 cm³/mol. The zero-order chi connectivity index (χ0) is 13.8. The van der Waals surface area contributed by atoms with Gasteiger partial charge in [0.15, 0.2) is 0 Å². The minimum absolute atomic E-state index is 0.196. The smallest absolute Gasteiger partial charge is 0.222 e. The zero-order valence-corrected chi connectivity index (χ0v) is 12.6. The number of rotatable bonds is 1. The van der Waals surface area contributed by atoms with Gasteiger partial charge in [0, 0.05) is 13.0 Å². The molecule has 0 radical (unpaired) electrons. The molecule has 0 unspecified atom stereocenters. The molecule has 0 aromatic carbocycles. The van der Waals surface area contributed by atoms with E-state index in [1.165, 1.54) is 25.9 Å². The summed E-state index contributed by atoms with van der Waals surface area (Å²) in [5, 5.41) is 5.88. The van der Waals surface area contributed by atoms with Crippen molar-refractivity contribution in [3.05, 3.63) is 0 Å². The highest BCUT2D eigenvalue weighted by molar-refractivity contribution is 5.78. The van der Waals surface area contributed by atoms with Gasteiger partial charge in [0.2, 0.25) is 5.91 Å². The molecular weight excluding hydrogens is 226 g/mol. The maximum atomic E-state index is 11.0. The normalized spacial score (nSPS) is 20.2. The lowest BCUT2D eigenvalue weighted by Gasteiger charge is -2.20. The molecule has 2 N–H and O–H groups in total. The van der Waals surface area contributed by atoms with Crippen LogP contribution in [0.4, 0.5) is 0 Å². The van der Waals surface area contributed by atoms with E-state index in [2.05, 4.69) is 22.6 Å². The molecule has 18 heavy (non-hydrogen) atoms. The summed E-state index contributed by atoms with van der Waals surface area (Å²) in [7, 11) is 3.87. The van der Waals surface area contributed by atoms with Crippen LogP contribution in [-0.4, -0.2) is 51.1 Å². The van der Waals surface area contributed by atoms with Crippen LogP contribution >= 0.6 is 0 Å². The fourth-order valence-electron chi connectivity index (χ4n) is 2.16. The van der Waals surface area contributed by atoms with E-state index in [1.807, 2.05) is 13.8 Å². The minimum atomic E-state index is 0.196. The molecule has 2 fully saturated rings. The van der Waals surface area contributed by atoms with Crippen molar-refractivity contribution in [3.8, 4) is 0 Å². The standard InChI is InChI=1S/C7H14N2O.C5H11N.C2H6/c1-8-7(10)6-2-4-9-5-3-6;1-6-4-2-3-5-6;1-2/h6,9H,2-5H2,1H3,(H,8,10);2-5H2,1H3;1-2H3. The van der Waals surface area contributed by atoms with Crippen molar-refractivity contribution in [2.75, 3.05) is 40.3 Å². The molecule has 2 aliphatic rings. The van der Waals surface area contributed by atoms with Crippen molar-refractivity contribution >= 4 is 5.91 Å². The molecule has 2 saturated heterocycles. The van der Waals surface area contributed by atoms with Crippen LogP contribution in [0, 0.1) is 5.92 Å². The number of carbonyl (C=O) groups excluding carboxylic acids is 1. The number of piperidine rings is 1. The van der Waals surface area contributed by atoms with Crippen LogP contribution in [0.15, 0.2) is 0 Å². The molecule has 0 bridgehead atoms. The third-order valence-electron chi connectivity index (χ3n) is 3.29. The quantitative estimate of drug-likeness (QED) is 0.748. The molecule has 2 aliphatic heterocycles. The lowest BCUT2D eigenvalue weighted by molar-refractivity contribution is -0.125. The Bertz CT molecular complexity index is 197. The molecule has 0 aromatic rings. The zero-order valence-electron chi connectivity index (χ0n) is 12.6. The van der Waals surface area contributed by atoms with E-state index in [9.17, 15) is 4.79 Å². The number of nitrogens with zero attached hydrogens (tertiary/aromatic N) is 1. The van der Waals surface area contributed by atoms with Crippen molar-refractivity contribution in [2.24, 2.45) is 5.92 Å². The Balaban J connectivity index is 0.000000308. The van der Waals surface area contributed by atoms with Crippen LogP contribution in [0.3, 0.4) is 0 Å². The van der Waals surface area contributed by atoms with E-state index in [0.717, 1.165) is 25.9 Å². The molecule has 0 atom stereocenters. The van der Waals surface area contributed by atoms with Crippen molar-refractivity contribution in [3.63, 3.8) is 0 Å². The highest BCUT2D eigenvalue weighted by atomic mass is 16.1. The van der Waals surface area contributed by atoms with Gasteiger partial charge in [0.1, 0.15) is 0 Å². The second-order valence-electron chi connectivity index (χ2n) is 4.65. The molecular formula is C14H31N3O. The molecule has 2 rings (SSSR count). The fourth-order valence-corrected chi connectivity index (χ4v) is 2.16. The van der Waals surface area contributed by atoms with E-state index in [-0.39, 0.29) is 11.8 Å². The monoisotopic (exact) mass is 257 g/mol. The first-order valence-electron chi connectivity index (χ1n) is 7.35. The van der Waals surface area contributed by atoms with Crippen LogP contribution in [0.25, 0.3) is 0 Å². The molecule has 0 aliphatic carbocycles. The molecule has 0 aromatic heterocycles. The lowest BCUT2D eigenvalue weighted by atomic mass is 9.97. The van der Waals surface area contributed by atoms with Crippen LogP contribution in [0.5, 0.6) is 0 Å². The summed E-state index contributed by atoms with van der Waals surface area (Å²) >= 11 is 0. The summed E-state index contributed by atoms with van der Waals surface area (Å²) < 4.78 is 0. The van der Waals surface area contributed by atoms with Gasteiger partial charge < -0.3 is 15.5 Å². The Morgan fingerprint density at radius 1 is 1.17 bits per heavy atom. The fraction of sp³-hybridized carbons (Fsp3) is 0.929. The number of likely N-dealkylation sites (tertiary alicyclic amines) is 1. The van der Waals surface area contributed by atoms with Crippen molar-refractivity contribution in [1.82, 2.24) is 15.5 Å². The van der Waals surface area contributed by atoms with Gasteiger partial charge in [-0.15, -0.1) is 0 Å². The van der Waals surface area contributed by atoms with E-state index >= 15 is 0 Å². The van der Waals surface area contributed by atoms with Gasteiger partial charge >= 0.3 is 0 Å². The summed E-state index contributed by atoms with van der Waals surface area (Å²) in [4.78, 5) is 13.4. The summed E-state index contributed by atoms with van der Waals surface area (Å²) in [5.41, 5.74) is 0. The van der Waals surface area contributed by atoms with Gasteiger partial charge in [-0.05, 0) is 58.9 Å². The Labute approximate surface area is 113 Å². The molecule has 0 spiro atoms. The Hall–Kier alpha value is -0.610. The third kappa shape index (κ3) is 7.67. The Morgan fingerprint density at radius 3 is 2.00 bits per heavy atom. The molecule has 4 heteroatoms. The SMILES string of the molecule is CC.CN1CCCC1.CNC(=O)C1CCNCC1. The van der Waals surface area contributed by atoms with Crippen LogP contribution in [0.1, 0.15) is 39.5 Å². The average molecular weight is 257 g/mol. The number of hydrogen-bond acceptors (Lipinski definition) is 3. The average Bonchev–Trinajstić information content (AvgIpc) is 2.93.